The van der Waals surface area contributed by atoms with Gasteiger partial charge >= 0.3 is 0 Å². The number of carbonyl (C=O) groups is 1. The standard InChI is InChI=1S/C25H18Cl2N4O3/c1-14-22(23(32)25-30-29-24(34-25)20-5-3-4-10-28-20)17-12-16(33-2)7-9-21(17)31(14)13-15-6-8-18(26)19(27)11-15/h3-12H,13H2,1-2H3. The van der Waals surface area contributed by atoms with Crippen LogP contribution in [0.1, 0.15) is 27.5 Å². The van der Waals surface area contributed by atoms with E-state index in [2.05, 4.69) is 15.2 Å². The predicted molar refractivity (Wildman–Crippen MR) is 130 cm³/mol. The summed E-state index contributed by atoms with van der Waals surface area (Å²) in [4.78, 5) is 17.8. The summed E-state index contributed by atoms with van der Waals surface area (Å²) in [5, 5.41) is 9.68. The van der Waals surface area contributed by atoms with E-state index in [0.717, 1.165) is 22.2 Å². The number of nitrogens with zero attached hydrogens (tertiary/aromatic N) is 4. The highest BCUT2D eigenvalue weighted by atomic mass is 35.5. The van der Waals surface area contributed by atoms with E-state index in [1.165, 1.54) is 0 Å². The van der Waals surface area contributed by atoms with Gasteiger partial charge in [0, 0.05) is 29.3 Å². The molecular formula is C25H18Cl2N4O3. The van der Waals surface area contributed by atoms with Crippen molar-refractivity contribution < 1.29 is 13.9 Å². The Labute approximate surface area is 204 Å². The summed E-state index contributed by atoms with van der Waals surface area (Å²) in [6.07, 6.45) is 1.62. The van der Waals surface area contributed by atoms with Crippen molar-refractivity contribution in [2.75, 3.05) is 7.11 Å². The van der Waals surface area contributed by atoms with Gasteiger partial charge < -0.3 is 13.7 Å². The van der Waals surface area contributed by atoms with E-state index in [1.807, 2.05) is 41.8 Å². The fourth-order valence-corrected chi connectivity index (χ4v) is 4.23. The average molecular weight is 493 g/mol. The van der Waals surface area contributed by atoms with Gasteiger partial charge in [-0.15, -0.1) is 10.2 Å². The Bertz CT molecular complexity index is 1530. The van der Waals surface area contributed by atoms with E-state index >= 15 is 0 Å². The Balaban J connectivity index is 1.61. The van der Waals surface area contributed by atoms with Crippen molar-refractivity contribution in [3.05, 3.63) is 93.6 Å². The minimum atomic E-state index is -0.377. The summed E-state index contributed by atoms with van der Waals surface area (Å²) >= 11 is 12.3. The molecular weight excluding hydrogens is 475 g/mol. The number of carbonyl (C=O) groups excluding carboxylic acids is 1. The Hall–Kier alpha value is -3.68. The van der Waals surface area contributed by atoms with E-state index in [1.54, 1.807) is 37.6 Å². The van der Waals surface area contributed by atoms with E-state index in [9.17, 15) is 4.79 Å². The maximum atomic E-state index is 13.6. The lowest BCUT2D eigenvalue weighted by molar-refractivity contribution is 0.100. The molecule has 34 heavy (non-hydrogen) atoms. The summed E-state index contributed by atoms with van der Waals surface area (Å²) in [6, 6.07) is 16.4. The molecule has 0 saturated carbocycles. The summed E-state index contributed by atoms with van der Waals surface area (Å²) in [5.41, 5.74) is 3.51. The van der Waals surface area contributed by atoms with Gasteiger partial charge in [0.05, 0.1) is 22.7 Å². The largest absolute Gasteiger partial charge is 0.497 e. The maximum Gasteiger partial charge on any atom is 0.289 e. The molecule has 0 aliphatic carbocycles. The van der Waals surface area contributed by atoms with Crippen molar-refractivity contribution >= 4 is 39.9 Å². The van der Waals surface area contributed by atoms with Crippen LogP contribution in [0.3, 0.4) is 0 Å². The lowest BCUT2D eigenvalue weighted by Gasteiger charge is -2.10. The van der Waals surface area contributed by atoms with Gasteiger partial charge in [-0.1, -0.05) is 35.3 Å². The van der Waals surface area contributed by atoms with Gasteiger partial charge in [-0.25, -0.2) is 0 Å². The molecule has 0 saturated heterocycles. The molecule has 0 aliphatic heterocycles. The highest BCUT2D eigenvalue weighted by Crippen LogP contribution is 2.33. The van der Waals surface area contributed by atoms with Crippen LogP contribution >= 0.6 is 23.2 Å². The van der Waals surface area contributed by atoms with Crippen LogP contribution in [-0.4, -0.2) is 32.6 Å². The van der Waals surface area contributed by atoms with Gasteiger partial charge in [-0.3, -0.25) is 9.78 Å². The van der Waals surface area contributed by atoms with Crippen LogP contribution in [0.15, 0.2) is 65.2 Å². The van der Waals surface area contributed by atoms with Gasteiger partial charge in [0.25, 0.3) is 17.6 Å². The fraction of sp³-hybridized carbons (Fsp3) is 0.120. The third-order valence-electron chi connectivity index (χ3n) is 5.59. The quantitative estimate of drug-likeness (QED) is 0.270. The number of fused-ring (bicyclic) bond motifs is 1. The first-order valence-corrected chi connectivity index (χ1v) is 11.1. The first-order valence-electron chi connectivity index (χ1n) is 10.4. The number of aromatic nitrogens is 4. The van der Waals surface area contributed by atoms with Crippen molar-refractivity contribution in [1.29, 1.82) is 0 Å². The second-order valence-corrected chi connectivity index (χ2v) is 8.45. The number of methoxy groups -OCH3 is 1. The molecule has 0 N–H and O–H groups in total. The number of hydrogen-bond acceptors (Lipinski definition) is 6. The number of pyridine rings is 1. The Morgan fingerprint density at radius 2 is 1.91 bits per heavy atom. The van der Waals surface area contributed by atoms with Crippen molar-refractivity contribution in [2.45, 2.75) is 13.5 Å². The first-order chi connectivity index (χ1) is 16.5. The maximum absolute atomic E-state index is 13.6. The zero-order chi connectivity index (χ0) is 23.8. The molecule has 0 spiro atoms. The van der Waals surface area contributed by atoms with Crippen LogP contribution in [0.4, 0.5) is 0 Å². The molecule has 0 aliphatic rings. The Morgan fingerprint density at radius 1 is 1.06 bits per heavy atom. The number of ether oxygens (including phenoxy) is 1. The molecule has 170 valence electrons. The molecule has 0 amide bonds. The van der Waals surface area contributed by atoms with E-state index in [4.69, 9.17) is 32.4 Å². The molecule has 2 aromatic carbocycles. The Morgan fingerprint density at radius 3 is 2.65 bits per heavy atom. The number of halogens is 2. The summed E-state index contributed by atoms with van der Waals surface area (Å²) in [7, 11) is 1.58. The first kappa shape index (κ1) is 22.1. The lowest BCUT2D eigenvalue weighted by atomic mass is 10.1. The number of hydrogen-bond donors (Lipinski definition) is 0. The molecule has 7 nitrogen and oxygen atoms in total. The lowest BCUT2D eigenvalue weighted by Crippen LogP contribution is -2.06. The number of ketones is 1. The highest BCUT2D eigenvalue weighted by Gasteiger charge is 2.26. The normalized spacial score (nSPS) is 11.2. The molecule has 0 radical (unpaired) electrons. The average Bonchev–Trinajstić information content (AvgIpc) is 3.45. The fourth-order valence-electron chi connectivity index (χ4n) is 3.91. The number of benzene rings is 2. The zero-order valence-corrected chi connectivity index (χ0v) is 19.8. The van der Waals surface area contributed by atoms with Gasteiger partial charge in [-0.2, -0.15) is 0 Å². The molecule has 5 aromatic rings. The predicted octanol–water partition coefficient (Wildman–Crippen LogP) is 5.99. The SMILES string of the molecule is COc1ccc2c(c1)c(C(=O)c1nnc(-c3ccccn3)o1)c(C)n2Cc1ccc(Cl)c(Cl)c1. The third-order valence-corrected chi connectivity index (χ3v) is 6.32. The molecule has 3 aromatic heterocycles. The number of rotatable bonds is 6. The molecule has 5 rings (SSSR count). The minimum absolute atomic E-state index is 0.111. The van der Waals surface area contributed by atoms with Crippen molar-refractivity contribution in [1.82, 2.24) is 19.7 Å². The van der Waals surface area contributed by atoms with Crippen LogP contribution in [0, 0.1) is 6.92 Å². The summed E-state index contributed by atoms with van der Waals surface area (Å²) in [6.45, 7) is 2.37. The van der Waals surface area contributed by atoms with E-state index in [-0.39, 0.29) is 17.6 Å². The van der Waals surface area contributed by atoms with Crippen LogP contribution in [0.2, 0.25) is 10.0 Å². The summed E-state index contributed by atoms with van der Waals surface area (Å²) in [5.74, 6) is 0.324. The molecule has 3 heterocycles. The van der Waals surface area contributed by atoms with Crippen molar-refractivity contribution in [3.8, 4) is 17.3 Å². The minimum Gasteiger partial charge on any atom is -0.497 e. The van der Waals surface area contributed by atoms with Crippen molar-refractivity contribution in [3.63, 3.8) is 0 Å². The van der Waals surface area contributed by atoms with Crippen LogP contribution < -0.4 is 4.74 Å². The third kappa shape index (κ3) is 3.93. The highest BCUT2D eigenvalue weighted by molar-refractivity contribution is 6.42. The van der Waals surface area contributed by atoms with Gasteiger partial charge in [0.2, 0.25) is 0 Å². The van der Waals surface area contributed by atoms with E-state index in [0.29, 0.717) is 33.6 Å². The van der Waals surface area contributed by atoms with Gasteiger partial charge in [-0.05, 0) is 55.0 Å². The van der Waals surface area contributed by atoms with Gasteiger partial charge in [0.15, 0.2) is 0 Å². The van der Waals surface area contributed by atoms with Gasteiger partial charge in [0.1, 0.15) is 11.4 Å². The smallest absolute Gasteiger partial charge is 0.289 e. The zero-order valence-electron chi connectivity index (χ0n) is 18.3. The van der Waals surface area contributed by atoms with Crippen molar-refractivity contribution in [2.24, 2.45) is 0 Å². The molecule has 0 atom stereocenters. The second kappa shape index (κ2) is 8.93. The molecule has 0 unspecified atom stereocenters. The van der Waals surface area contributed by atoms with E-state index < -0.39 is 0 Å². The van der Waals surface area contributed by atoms with Crippen LogP contribution in [0.25, 0.3) is 22.5 Å². The molecule has 0 fully saturated rings. The van der Waals surface area contributed by atoms with Crippen LogP contribution in [-0.2, 0) is 6.54 Å². The Kier molecular flexibility index (Phi) is 5.81. The summed E-state index contributed by atoms with van der Waals surface area (Å²) < 4.78 is 13.1. The molecule has 0 bridgehead atoms. The van der Waals surface area contributed by atoms with Crippen LogP contribution in [0.5, 0.6) is 5.75 Å². The topological polar surface area (TPSA) is 83.0 Å². The molecule has 9 heteroatoms. The second-order valence-electron chi connectivity index (χ2n) is 7.63. The monoisotopic (exact) mass is 492 g/mol.